The van der Waals surface area contributed by atoms with Crippen LogP contribution in [0.4, 0.5) is 0 Å². The summed E-state index contributed by atoms with van der Waals surface area (Å²) in [6, 6.07) is 16.3. The Balaban J connectivity index is 1.82. The van der Waals surface area contributed by atoms with E-state index in [9.17, 15) is 9.59 Å². The number of aromatic nitrogens is 3. The average Bonchev–Trinajstić information content (AvgIpc) is 3.26. The third kappa shape index (κ3) is 4.69. The Kier molecular flexibility index (Phi) is 7.00. The first-order valence-corrected chi connectivity index (χ1v) is 11.7. The maximum atomic E-state index is 13.8. The first kappa shape index (κ1) is 24.2. The maximum absolute atomic E-state index is 13.8. The number of hydrogen-bond acceptors (Lipinski definition) is 6. The number of benzene rings is 2. The van der Waals surface area contributed by atoms with E-state index in [0.717, 1.165) is 11.1 Å². The predicted molar refractivity (Wildman–Crippen MR) is 134 cm³/mol. The molecule has 2 aromatic heterocycles. The second-order valence-electron chi connectivity index (χ2n) is 8.76. The highest BCUT2D eigenvalue weighted by molar-refractivity contribution is 5.93. The maximum Gasteiger partial charge on any atom is 0.297 e. The summed E-state index contributed by atoms with van der Waals surface area (Å²) in [6.45, 7) is 8.01. The van der Waals surface area contributed by atoms with Gasteiger partial charge in [0.05, 0.1) is 12.5 Å². The van der Waals surface area contributed by atoms with E-state index >= 15 is 0 Å². The quantitative estimate of drug-likeness (QED) is 0.366. The number of rotatable bonds is 8. The topological polar surface area (TPSA) is 90.5 Å². The van der Waals surface area contributed by atoms with E-state index in [1.54, 1.807) is 18.9 Å². The lowest BCUT2D eigenvalue weighted by Gasteiger charge is -2.31. The number of methoxy groups -OCH3 is 1. The molecule has 0 bridgehead atoms. The summed E-state index contributed by atoms with van der Waals surface area (Å²) in [5, 5.41) is 9.29. The van der Waals surface area contributed by atoms with Crippen molar-refractivity contribution in [1.82, 2.24) is 19.8 Å². The number of carbonyl (C=O) groups excluding carboxylic acids is 1. The summed E-state index contributed by atoms with van der Waals surface area (Å²) in [6.07, 6.45) is 0.397. The fourth-order valence-electron chi connectivity index (χ4n) is 4.21. The molecule has 0 saturated carbocycles. The molecule has 35 heavy (non-hydrogen) atoms. The molecule has 0 aliphatic carbocycles. The molecule has 1 amide bonds. The molecule has 0 fully saturated rings. The van der Waals surface area contributed by atoms with Crippen LogP contribution in [0, 0.1) is 6.92 Å². The molecule has 182 valence electrons. The molecule has 0 unspecified atom stereocenters. The summed E-state index contributed by atoms with van der Waals surface area (Å²) < 4.78 is 11.9. The number of hydrogen-bond donors (Lipinski definition) is 0. The zero-order valence-electron chi connectivity index (χ0n) is 20.7. The van der Waals surface area contributed by atoms with Crippen LogP contribution in [0.3, 0.4) is 0 Å². The Morgan fingerprint density at radius 2 is 1.80 bits per heavy atom. The van der Waals surface area contributed by atoms with E-state index in [4.69, 9.17) is 14.4 Å². The summed E-state index contributed by atoms with van der Waals surface area (Å²) in [4.78, 5) is 29.1. The van der Waals surface area contributed by atoms with Gasteiger partial charge >= 0.3 is 0 Å². The molecule has 4 aromatic rings. The minimum Gasteiger partial charge on any atom is -0.497 e. The molecule has 2 heterocycles. The fraction of sp³-hybridized carbons (Fsp3) is 0.333. The van der Waals surface area contributed by atoms with Gasteiger partial charge in [0, 0.05) is 18.2 Å². The first-order valence-electron chi connectivity index (χ1n) is 11.7. The van der Waals surface area contributed by atoms with Crippen LogP contribution in [0.15, 0.2) is 63.9 Å². The number of aryl methyl sites for hydroxylation is 1. The molecule has 4 rings (SSSR count). The van der Waals surface area contributed by atoms with Gasteiger partial charge in [-0.25, -0.2) is 4.68 Å². The highest BCUT2D eigenvalue weighted by Gasteiger charge is 2.30. The van der Waals surface area contributed by atoms with E-state index in [2.05, 4.69) is 5.16 Å². The zero-order chi connectivity index (χ0) is 25.1. The van der Waals surface area contributed by atoms with E-state index in [1.165, 1.54) is 4.68 Å². The Hall–Kier alpha value is -3.94. The van der Waals surface area contributed by atoms with E-state index in [-0.39, 0.29) is 17.5 Å². The van der Waals surface area contributed by atoms with Gasteiger partial charge in [0.1, 0.15) is 23.2 Å². The molecule has 0 saturated heterocycles. The number of nitrogens with zero attached hydrogens (tertiary/aromatic N) is 4. The van der Waals surface area contributed by atoms with Crippen molar-refractivity contribution in [3.05, 3.63) is 76.3 Å². The van der Waals surface area contributed by atoms with Crippen LogP contribution >= 0.6 is 0 Å². The lowest BCUT2D eigenvalue weighted by atomic mass is 10.1. The van der Waals surface area contributed by atoms with Gasteiger partial charge in [-0.05, 0) is 57.0 Å². The lowest BCUT2D eigenvalue weighted by Crippen LogP contribution is -2.44. The summed E-state index contributed by atoms with van der Waals surface area (Å²) in [5.41, 5.74) is 2.03. The van der Waals surface area contributed by atoms with Crippen LogP contribution in [0.5, 0.6) is 5.75 Å². The standard InChI is InChI=1S/C27H30N4O4/c1-6-22(26(32)30(17(2)3)16-19-10-8-7-9-11-19)31-27(33)25-23(18(4)35-29-25)24(28-31)20-12-14-21(34-5)15-13-20/h7-15,17,22H,6,16H2,1-5H3/t22-/m1/s1. The van der Waals surface area contributed by atoms with Crippen LogP contribution in [-0.2, 0) is 11.3 Å². The number of ether oxygens (including phenoxy) is 1. The van der Waals surface area contributed by atoms with Gasteiger partial charge in [-0.3, -0.25) is 9.59 Å². The molecular weight excluding hydrogens is 444 g/mol. The molecule has 0 radical (unpaired) electrons. The largest absolute Gasteiger partial charge is 0.497 e. The van der Waals surface area contributed by atoms with Crippen LogP contribution in [0.25, 0.3) is 22.2 Å². The molecule has 8 nitrogen and oxygen atoms in total. The molecule has 0 spiro atoms. The summed E-state index contributed by atoms with van der Waals surface area (Å²) in [5.74, 6) is 1.03. The van der Waals surface area contributed by atoms with Gasteiger partial charge in [-0.15, -0.1) is 0 Å². The Morgan fingerprint density at radius 1 is 1.11 bits per heavy atom. The molecule has 8 heteroatoms. The van der Waals surface area contributed by atoms with Crippen LogP contribution < -0.4 is 10.3 Å². The predicted octanol–water partition coefficient (Wildman–Crippen LogP) is 4.76. The van der Waals surface area contributed by atoms with Crippen molar-refractivity contribution in [2.24, 2.45) is 0 Å². The molecule has 0 N–H and O–H groups in total. The van der Waals surface area contributed by atoms with E-state index in [0.29, 0.717) is 35.6 Å². The van der Waals surface area contributed by atoms with Crippen LogP contribution in [0.2, 0.25) is 0 Å². The van der Waals surface area contributed by atoms with Crippen LogP contribution in [-0.4, -0.2) is 38.9 Å². The minimum absolute atomic E-state index is 0.0634. The monoisotopic (exact) mass is 474 g/mol. The van der Waals surface area contributed by atoms with Gasteiger partial charge in [0.25, 0.3) is 5.56 Å². The van der Waals surface area contributed by atoms with Gasteiger partial charge in [0.15, 0.2) is 5.52 Å². The van der Waals surface area contributed by atoms with Crippen molar-refractivity contribution >= 4 is 16.8 Å². The van der Waals surface area contributed by atoms with Gasteiger partial charge < -0.3 is 14.2 Å². The molecule has 2 aromatic carbocycles. The Bertz CT molecular complexity index is 1370. The smallest absolute Gasteiger partial charge is 0.297 e. The first-order chi connectivity index (χ1) is 16.8. The van der Waals surface area contributed by atoms with Crippen molar-refractivity contribution in [3.8, 4) is 17.0 Å². The van der Waals surface area contributed by atoms with Crippen molar-refractivity contribution in [1.29, 1.82) is 0 Å². The SMILES string of the molecule is CC[C@H](C(=O)N(Cc1ccccc1)C(C)C)n1nc(-c2ccc(OC)cc2)c2c(C)onc2c1=O. The zero-order valence-corrected chi connectivity index (χ0v) is 20.7. The van der Waals surface area contributed by atoms with Gasteiger partial charge in [0.2, 0.25) is 5.91 Å². The minimum atomic E-state index is -0.785. The lowest BCUT2D eigenvalue weighted by molar-refractivity contribution is -0.137. The van der Waals surface area contributed by atoms with Gasteiger partial charge in [-0.2, -0.15) is 5.10 Å². The molecule has 0 aliphatic rings. The third-order valence-corrected chi connectivity index (χ3v) is 6.15. The normalized spacial score (nSPS) is 12.2. The number of carbonyl (C=O) groups is 1. The summed E-state index contributed by atoms with van der Waals surface area (Å²) >= 11 is 0. The average molecular weight is 475 g/mol. The fourth-order valence-corrected chi connectivity index (χ4v) is 4.21. The summed E-state index contributed by atoms with van der Waals surface area (Å²) in [7, 11) is 1.60. The molecule has 1 atom stereocenters. The van der Waals surface area contributed by atoms with Crippen molar-refractivity contribution in [3.63, 3.8) is 0 Å². The molecule has 0 aliphatic heterocycles. The highest BCUT2D eigenvalue weighted by atomic mass is 16.5. The highest BCUT2D eigenvalue weighted by Crippen LogP contribution is 2.30. The van der Waals surface area contributed by atoms with E-state index in [1.807, 2.05) is 75.4 Å². The van der Waals surface area contributed by atoms with Crippen molar-refractivity contribution in [2.75, 3.05) is 7.11 Å². The van der Waals surface area contributed by atoms with Crippen molar-refractivity contribution < 1.29 is 14.1 Å². The van der Waals surface area contributed by atoms with E-state index < -0.39 is 11.6 Å². The van der Waals surface area contributed by atoms with Crippen LogP contribution in [0.1, 0.15) is 44.6 Å². The Labute approximate surface area is 204 Å². The second-order valence-corrected chi connectivity index (χ2v) is 8.76. The van der Waals surface area contributed by atoms with Crippen molar-refractivity contribution in [2.45, 2.75) is 52.7 Å². The second kappa shape index (κ2) is 10.1. The number of fused-ring (bicyclic) bond motifs is 1. The molecular formula is C27H30N4O4. The number of amides is 1. The third-order valence-electron chi connectivity index (χ3n) is 6.15. The van der Waals surface area contributed by atoms with Gasteiger partial charge in [-0.1, -0.05) is 42.4 Å². The Morgan fingerprint density at radius 3 is 2.40 bits per heavy atom.